The van der Waals surface area contributed by atoms with Crippen LogP contribution in [0.3, 0.4) is 0 Å². The lowest BCUT2D eigenvalue weighted by molar-refractivity contribution is -0.118. The van der Waals surface area contributed by atoms with E-state index in [-0.39, 0.29) is 18.4 Å². The van der Waals surface area contributed by atoms with Gasteiger partial charge in [-0.05, 0) is 13.3 Å². The Morgan fingerprint density at radius 2 is 2.30 bits per heavy atom. The third-order valence-electron chi connectivity index (χ3n) is 1.34. The molecule has 0 saturated heterocycles. The monoisotopic (exact) mass is 144 g/mol. The molecule has 0 aliphatic heterocycles. The molecule has 1 nitrogen and oxygen atoms in total. The van der Waals surface area contributed by atoms with Gasteiger partial charge >= 0.3 is 0 Å². The van der Waals surface area contributed by atoms with Crippen molar-refractivity contribution in [3.8, 4) is 0 Å². The van der Waals surface area contributed by atoms with Crippen LogP contribution < -0.4 is 0 Å². The van der Waals surface area contributed by atoms with Gasteiger partial charge in [-0.3, -0.25) is 9.18 Å². The molecule has 0 aliphatic carbocycles. The van der Waals surface area contributed by atoms with E-state index in [4.69, 9.17) is 0 Å². The van der Waals surface area contributed by atoms with Crippen LogP contribution in [0, 0.1) is 5.92 Å². The molecule has 0 amide bonds. The highest BCUT2D eigenvalue weighted by molar-refractivity contribution is 5.79. The molecule has 0 bridgehead atoms. The number of alkyl halides is 1. The normalized spacial score (nSPS) is 13.9. The van der Waals surface area contributed by atoms with Gasteiger partial charge in [0.2, 0.25) is 0 Å². The average Bonchev–Trinajstić information content (AvgIpc) is 1.88. The van der Waals surface area contributed by atoms with Crippen molar-refractivity contribution in [1.29, 1.82) is 0 Å². The molecule has 0 rings (SSSR count). The predicted octanol–water partition coefficient (Wildman–Crippen LogP) is 2.13. The van der Waals surface area contributed by atoms with E-state index >= 15 is 0 Å². The SMILES string of the molecule is CC(=O)C(C)/C=C/CCF. The van der Waals surface area contributed by atoms with Gasteiger partial charge in [-0.15, -0.1) is 0 Å². The molecule has 58 valence electrons. The Bertz CT molecular complexity index is 129. The van der Waals surface area contributed by atoms with Crippen LogP contribution in [-0.2, 0) is 4.79 Å². The summed E-state index contributed by atoms with van der Waals surface area (Å²) >= 11 is 0. The van der Waals surface area contributed by atoms with Crippen molar-refractivity contribution in [2.45, 2.75) is 20.3 Å². The zero-order chi connectivity index (χ0) is 7.98. The van der Waals surface area contributed by atoms with Crippen LogP contribution in [0.15, 0.2) is 12.2 Å². The summed E-state index contributed by atoms with van der Waals surface area (Å²) in [6.45, 7) is 2.99. The number of halogens is 1. The van der Waals surface area contributed by atoms with Gasteiger partial charge in [0.1, 0.15) is 5.78 Å². The average molecular weight is 144 g/mol. The number of carbonyl (C=O) groups is 1. The summed E-state index contributed by atoms with van der Waals surface area (Å²) in [5.74, 6) is 0.0571. The Hall–Kier alpha value is -0.660. The molecular formula is C8H13FO. The first-order chi connectivity index (χ1) is 4.68. The highest BCUT2D eigenvalue weighted by atomic mass is 19.1. The molecule has 2 heteroatoms. The molecule has 0 fully saturated rings. The first-order valence-corrected chi connectivity index (χ1v) is 3.41. The largest absolute Gasteiger partial charge is 0.299 e. The lowest BCUT2D eigenvalue weighted by atomic mass is 10.1. The maximum Gasteiger partial charge on any atom is 0.136 e. The van der Waals surface area contributed by atoms with E-state index in [9.17, 15) is 9.18 Å². The molecular weight excluding hydrogens is 131 g/mol. The standard InChI is InChI=1S/C8H13FO/c1-7(8(2)10)5-3-4-6-9/h3,5,7H,4,6H2,1-2H3/b5-3+. The van der Waals surface area contributed by atoms with Gasteiger partial charge in [0.25, 0.3) is 0 Å². The second-order valence-electron chi connectivity index (χ2n) is 2.31. The summed E-state index contributed by atoms with van der Waals surface area (Å²) < 4.78 is 11.5. The second kappa shape index (κ2) is 5.15. The molecule has 1 unspecified atom stereocenters. The van der Waals surface area contributed by atoms with Gasteiger partial charge < -0.3 is 0 Å². The Balaban J connectivity index is 3.55. The van der Waals surface area contributed by atoms with Gasteiger partial charge in [-0.1, -0.05) is 19.1 Å². The Morgan fingerprint density at radius 3 is 2.70 bits per heavy atom. The van der Waals surface area contributed by atoms with E-state index in [0.29, 0.717) is 6.42 Å². The fourth-order valence-electron chi connectivity index (χ4n) is 0.499. The molecule has 1 atom stereocenters. The number of carbonyl (C=O) groups excluding carboxylic acids is 1. The van der Waals surface area contributed by atoms with Crippen LogP contribution in [0.5, 0.6) is 0 Å². The number of hydrogen-bond donors (Lipinski definition) is 0. The van der Waals surface area contributed by atoms with Crippen molar-refractivity contribution >= 4 is 5.78 Å². The number of ketones is 1. The first-order valence-electron chi connectivity index (χ1n) is 3.41. The van der Waals surface area contributed by atoms with Gasteiger partial charge in [0, 0.05) is 5.92 Å². The third-order valence-corrected chi connectivity index (χ3v) is 1.34. The Kier molecular flexibility index (Phi) is 4.81. The number of allylic oxidation sites excluding steroid dienone is 2. The molecule has 0 spiro atoms. The van der Waals surface area contributed by atoms with Gasteiger partial charge in [-0.25, -0.2) is 0 Å². The van der Waals surface area contributed by atoms with Crippen LogP contribution in [0.2, 0.25) is 0 Å². The molecule has 10 heavy (non-hydrogen) atoms. The zero-order valence-electron chi connectivity index (χ0n) is 6.43. The molecule has 0 aliphatic rings. The fraction of sp³-hybridized carbons (Fsp3) is 0.625. The molecule has 0 aromatic carbocycles. The maximum absolute atomic E-state index is 11.5. The van der Waals surface area contributed by atoms with E-state index in [1.807, 2.05) is 0 Å². The van der Waals surface area contributed by atoms with Crippen LogP contribution in [0.4, 0.5) is 4.39 Å². The van der Waals surface area contributed by atoms with Crippen LogP contribution >= 0.6 is 0 Å². The maximum atomic E-state index is 11.5. The smallest absolute Gasteiger partial charge is 0.136 e. The fourth-order valence-corrected chi connectivity index (χ4v) is 0.499. The van der Waals surface area contributed by atoms with Gasteiger partial charge in [0.05, 0.1) is 6.67 Å². The van der Waals surface area contributed by atoms with Gasteiger partial charge in [-0.2, -0.15) is 0 Å². The lowest BCUT2D eigenvalue weighted by Crippen LogP contribution is -2.01. The lowest BCUT2D eigenvalue weighted by Gasteiger charge is -1.96. The Labute approximate surface area is 60.9 Å². The van der Waals surface area contributed by atoms with Crippen LogP contribution in [-0.4, -0.2) is 12.5 Å². The van der Waals surface area contributed by atoms with E-state index in [0.717, 1.165) is 0 Å². The van der Waals surface area contributed by atoms with Crippen molar-refractivity contribution in [2.24, 2.45) is 5.92 Å². The van der Waals surface area contributed by atoms with Crippen molar-refractivity contribution < 1.29 is 9.18 Å². The van der Waals surface area contributed by atoms with Crippen molar-refractivity contribution in [2.75, 3.05) is 6.67 Å². The number of Topliss-reactive ketones (excluding diaryl/α,β-unsaturated/α-hetero) is 1. The summed E-state index contributed by atoms with van der Waals surface area (Å²) in [6, 6.07) is 0. The molecule has 0 saturated carbocycles. The number of hydrogen-bond acceptors (Lipinski definition) is 1. The van der Waals surface area contributed by atoms with Crippen LogP contribution in [0.25, 0.3) is 0 Å². The third kappa shape index (κ3) is 4.24. The van der Waals surface area contributed by atoms with E-state index < -0.39 is 0 Å². The van der Waals surface area contributed by atoms with Crippen molar-refractivity contribution in [3.05, 3.63) is 12.2 Å². The van der Waals surface area contributed by atoms with E-state index in [1.54, 1.807) is 19.1 Å². The number of rotatable bonds is 4. The molecule has 0 radical (unpaired) electrons. The summed E-state index contributed by atoms with van der Waals surface area (Å²) in [5, 5.41) is 0. The van der Waals surface area contributed by atoms with Crippen LogP contribution in [0.1, 0.15) is 20.3 Å². The summed E-state index contributed by atoms with van der Waals surface area (Å²) in [6.07, 6.45) is 3.85. The minimum absolute atomic E-state index is 0.0634. The highest BCUT2D eigenvalue weighted by Gasteiger charge is 2.00. The summed E-state index contributed by atoms with van der Waals surface area (Å²) in [5.41, 5.74) is 0. The van der Waals surface area contributed by atoms with Gasteiger partial charge in [0.15, 0.2) is 0 Å². The quantitative estimate of drug-likeness (QED) is 0.552. The van der Waals surface area contributed by atoms with Crippen molar-refractivity contribution in [3.63, 3.8) is 0 Å². The molecule has 0 N–H and O–H groups in total. The molecule has 0 heterocycles. The van der Waals surface area contributed by atoms with Crippen molar-refractivity contribution in [1.82, 2.24) is 0 Å². The Morgan fingerprint density at radius 1 is 1.70 bits per heavy atom. The minimum Gasteiger partial charge on any atom is -0.299 e. The predicted molar refractivity (Wildman–Crippen MR) is 39.6 cm³/mol. The highest BCUT2D eigenvalue weighted by Crippen LogP contribution is 1.99. The minimum atomic E-state index is -0.346. The zero-order valence-corrected chi connectivity index (χ0v) is 6.43. The topological polar surface area (TPSA) is 17.1 Å². The molecule has 0 aromatic rings. The van der Waals surface area contributed by atoms with E-state index in [1.165, 1.54) is 6.92 Å². The first kappa shape index (κ1) is 9.34. The summed E-state index contributed by atoms with van der Waals surface area (Å²) in [7, 11) is 0. The molecule has 0 aromatic heterocycles. The summed E-state index contributed by atoms with van der Waals surface area (Å²) in [4.78, 5) is 10.6. The second-order valence-corrected chi connectivity index (χ2v) is 2.31. The van der Waals surface area contributed by atoms with E-state index in [2.05, 4.69) is 0 Å².